The standard InChI is InChI=1S/C22H21N3O3/c26-22(20-10-5-8-17-6-1-3-9-19(17)20)24-14-12-23(13-15-24)16-18-7-2-4-11-21(18)25(27)28/h1-11H,12-16H2/p+1. The maximum Gasteiger partial charge on any atom is 0.278 e. The molecular weight excluding hydrogens is 354 g/mol. The van der Waals surface area contributed by atoms with Gasteiger partial charge in [0.25, 0.3) is 11.6 Å². The van der Waals surface area contributed by atoms with Crippen LogP contribution in [0.5, 0.6) is 0 Å². The van der Waals surface area contributed by atoms with Crippen LogP contribution >= 0.6 is 0 Å². The Balaban J connectivity index is 1.44. The quantitative estimate of drug-likeness (QED) is 0.561. The summed E-state index contributed by atoms with van der Waals surface area (Å²) in [6, 6.07) is 20.6. The molecule has 0 saturated carbocycles. The molecule has 0 bridgehead atoms. The molecule has 0 aliphatic carbocycles. The number of piperazine rings is 1. The van der Waals surface area contributed by atoms with Crippen LogP contribution in [0.1, 0.15) is 15.9 Å². The van der Waals surface area contributed by atoms with E-state index in [4.69, 9.17) is 0 Å². The van der Waals surface area contributed by atoms with Crippen LogP contribution in [0.2, 0.25) is 0 Å². The number of nitro groups is 1. The van der Waals surface area contributed by atoms with Crippen LogP contribution in [0, 0.1) is 10.1 Å². The van der Waals surface area contributed by atoms with Crippen LogP contribution in [0.3, 0.4) is 0 Å². The molecule has 1 N–H and O–H groups in total. The zero-order valence-corrected chi connectivity index (χ0v) is 15.5. The van der Waals surface area contributed by atoms with Crippen molar-refractivity contribution < 1.29 is 14.6 Å². The molecule has 0 unspecified atom stereocenters. The van der Waals surface area contributed by atoms with Crippen LogP contribution in [0.15, 0.2) is 66.7 Å². The van der Waals surface area contributed by atoms with Crippen molar-refractivity contribution in [3.8, 4) is 0 Å². The fourth-order valence-corrected chi connectivity index (χ4v) is 3.89. The Labute approximate surface area is 163 Å². The van der Waals surface area contributed by atoms with Crippen molar-refractivity contribution in [2.45, 2.75) is 6.54 Å². The molecule has 3 aromatic rings. The van der Waals surface area contributed by atoms with E-state index in [9.17, 15) is 14.9 Å². The van der Waals surface area contributed by atoms with Gasteiger partial charge >= 0.3 is 0 Å². The van der Waals surface area contributed by atoms with Gasteiger partial charge in [-0.05, 0) is 22.9 Å². The van der Waals surface area contributed by atoms with Crippen molar-refractivity contribution in [3.63, 3.8) is 0 Å². The van der Waals surface area contributed by atoms with Gasteiger partial charge in [0.15, 0.2) is 0 Å². The van der Waals surface area contributed by atoms with E-state index >= 15 is 0 Å². The molecule has 1 aliphatic heterocycles. The molecule has 4 rings (SSSR count). The number of nitrogens with one attached hydrogen (secondary N) is 1. The summed E-state index contributed by atoms with van der Waals surface area (Å²) in [6.07, 6.45) is 0. The summed E-state index contributed by atoms with van der Waals surface area (Å²) in [5, 5.41) is 13.3. The second kappa shape index (κ2) is 7.78. The second-order valence-electron chi connectivity index (χ2n) is 7.13. The molecule has 1 amide bonds. The van der Waals surface area contributed by atoms with Crippen molar-refractivity contribution in [1.29, 1.82) is 0 Å². The minimum absolute atomic E-state index is 0.0570. The molecule has 1 aliphatic rings. The number of para-hydroxylation sites is 1. The van der Waals surface area contributed by atoms with Crippen LogP contribution in [-0.4, -0.2) is 41.9 Å². The highest BCUT2D eigenvalue weighted by Gasteiger charge is 2.27. The van der Waals surface area contributed by atoms with Gasteiger partial charge in [0, 0.05) is 11.6 Å². The molecule has 1 heterocycles. The Morgan fingerprint density at radius 1 is 0.964 bits per heavy atom. The highest BCUT2D eigenvalue weighted by atomic mass is 16.6. The molecule has 0 spiro atoms. The Morgan fingerprint density at radius 3 is 2.43 bits per heavy atom. The van der Waals surface area contributed by atoms with Crippen molar-refractivity contribution in [2.75, 3.05) is 26.2 Å². The fraction of sp³-hybridized carbons (Fsp3) is 0.227. The number of amides is 1. The average molecular weight is 376 g/mol. The highest BCUT2D eigenvalue weighted by Crippen LogP contribution is 2.20. The van der Waals surface area contributed by atoms with E-state index in [0.29, 0.717) is 19.6 Å². The predicted molar refractivity (Wildman–Crippen MR) is 107 cm³/mol. The number of quaternary nitrogens is 1. The summed E-state index contributed by atoms with van der Waals surface area (Å²) in [5.74, 6) is 0.0570. The smallest absolute Gasteiger partial charge is 0.278 e. The number of carbonyl (C=O) groups excluding carboxylic acids is 1. The Bertz CT molecular complexity index is 1020. The first-order chi connectivity index (χ1) is 13.6. The predicted octanol–water partition coefficient (Wildman–Crippen LogP) is 2.29. The molecule has 6 nitrogen and oxygen atoms in total. The topological polar surface area (TPSA) is 67.9 Å². The van der Waals surface area contributed by atoms with E-state index in [-0.39, 0.29) is 16.5 Å². The van der Waals surface area contributed by atoms with Crippen molar-refractivity contribution in [1.82, 2.24) is 4.90 Å². The Hall–Kier alpha value is -3.25. The van der Waals surface area contributed by atoms with Crippen molar-refractivity contribution in [3.05, 3.63) is 88.0 Å². The minimum Gasteiger partial charge on any atom is -0.328 e. The first-order valence-electron chi connectivity index (χ1n) is 9.46. The number of fused-ring (bicyclic) bond motifs is 1. The normalized spacial score (nSPS) is 14.9. The summed E-state index contributed by atoms with van der Waals surface area (Å²) in [7, 11) is 0. The van der Waals surface area contributed by atoms with E-state index < -0.39 is 0 Å². The van der Waals surface area contributed by atoms with E-state index in [1.807, 2.05) is 59.5 Å². The first-order valence-corrected chi connectivity index (χ1v) is 9.46. The van der Waals surface area contributed by atoms with E-state index in [1.54, 1.807) is 12.1 Å². The number of benzene rings is 3. The van der Waals surface area contributed by atoms with Gasteiger partial charge in [0.2, 0.25) is 0 Å². The number of nitrogens with zero attached hydrogens (tertiary/aromatic N) is 2. The summed E-state index contributed by atoms with van der Waals surface area (Å²) >= 11 is 0. The second-order valence-corrected chi connectivity index (χ2v) is 7.13. The molecule has 6 heteroatoms. The number of carbonyl (C=O) groups is 1. The van der Waals surface area contributed by atoms with Gasteiger partial charge in [-0.15, -0.1) is 0 Å². The minimum atomic E-state index is -0.324. The molecule has 0 aromatic heterocycles. The van der Waals surface area contributed by atoms with E-state index in [1.165, 1.54) is 4.90 Å². The Kier molecular flexibility index (Phi) is 5.04. The van der Waals surface area contributed by atoms with Gasteiger partial charge in [-0.2, -0.15) is 0 Å². The third-order valence-electron chi connectivity index (χ3n) is 5.41. The first kappa shape index (κ1) is 18.1. The maximum atomic E-state index is 13.0. The third-order valence-corrected chi connectivity index (χ3v) is 5.41. The lowest BCUT2D eigenvalue weighted by Gasteiger charge is -2.32. The molecular formula is C22H22N3O3+. The average Bonchev–Trinajstić information content (AvgIpc) is 2.73. The maximum absolute atomic E-state index is 13.0. The van der Waals surface area contributed by atoms with Crippen LogP contribution < -0.4 is 4.90 Å². The molecule has 0 atom stereocenters. The van der Waals surface area contributed by atoms with Gasteiger partial charge in [-0.3, -0.25) is 14.9 Å². The van der Waals surface area contributed by atoms with Gasteiger partial charge < -0.3 is 9.80 Å². The number of hydrogen-bond donors (Lipinski definition) is 1. The van der Waals surface area contributed by atoms with Gasteiger partial charge in [-0.1, -0.05) is 48.5 Å². The molecule has 1 saturated heterocycles. The summed E-state index contributed by atoms with van der Waals surface area (Å²) in [4.78, 5) is 27.1. The van der Waals surface area contributed by atoms with Gasteiger partial charge in [-0.25, -0.2) is 0 Å². The fourth-order valence-electron chi connectivity index (χ4n) is 3.89. The largest absolute Gasteiger partial charge is 0.328 e. The van der Waals surface area contributed by atoms with Crippen molar-refractivity contribution in [2.24, 2.45) is 0 Å². The lowest BCUT2D eigenvalue weighted by atomic mass is 10.0. The molecule has 142 valence electrons. The Morgan fingerprint density at radius 2 is 1.64 bits per heavy atom. The summed E-state index contributed by atoms with van der Waals surface area (Å²) in [6.45, 7) is 3.47. The monoisotopic (exact) mass is 376 g/mol. The number of rotatable bonds is 4. The number of nitro benzene ring substituents is 1. The highest BCUT2D eigenvalue weighted by molar-refractivity contribution is 6.07. The van der Waals surface area contributed by atoms with Gasteiger partial charge in [0.1, 0.15) is 6.54 Å². The molecule has 1 fully saturated rings. The third kappa shape index (κ3) is 3.59. The zero-order valence-electron chi connectivity index (χ0n) is 15.5. The van der Waals surface area contributed by atoms with Gasteiger partial charge in [0.05, 0.1) is 36.7 Å². The van der Waals surface area contributed by atoms with Crippen molar-refractivity contribution >= 4 is 22.4 Å². The SMILES string of the molecule is O=C(c1cccc2ccccc12)N1CC[NH+](Cc2ccccc2[N+](=O)[O-])CC1. The molecule has 0 radical (unpaired) electrons. The lowest BCUT2D eigenvalue weighted by molar-refractivity contribution is -0.917. The molecule has 3 aromatic carbocycles. The summed E-state index contributed by atoms with van der Waals surface area (Å²) in [5.41, 5.74) is 1.65. The van der Waals surface area contributed by atoms with Crippen LogP contribution in [0.25, 0.3) is 10.8 Å². The van der Waals surface area contributed by atoms with E-state index in [2.05, 4.69) is 0 Å². The summed E-state index contributed by atoms with van der Waals surface area (Å²) < 4.78 is 0. The lowest BCUT2D eigenvalue weighted by Crippen LogP contribution is -3.13. The van der Waals surface area contributed by atoms with Crippen LogP contribution in [0.4, 0.5) is 5.69 Å². The zero-order chi connectivity index (χ0) is 19.5. The number of hydrogen-bond acceptors (Lipinski definition) is 3. The van der Waals surface area contributed by atoms with E-state index in [0.717, 1.165) is 35.0 Å². The van der Waals surface area contributed by atoms with Crippen LogP contribution in [-0.2, 0) is 6.54 Å². The molecule has 28 heavy (non-hydrogen) atoms.